The fraction of sp³-hybridized carbons (Fsp3) is 0.444. The number of benzene rings is 1. The van der Waals surface area contributed by atoms with Gasteiger partial charge in [-0.25, -0.2) is 0 Å². The van der Waals surface area contributed by atoms with Crippen LogP contribution in [0.15, 0.2) is 36.4 Å². The molecule has 1 unspecified atom stereocenters. The molecule has 4 nitrogen and oxygen atoms in total. The van der Waals surface area contributed by atoms with Gasteiger partial charge in [-0.1, -0.05) is 37.3 Å². The molecule has 22 heavy (non-hydrogen) atoms. The summed E-state index contributed by atoms with van der Waals surface area (Å²) in [6.45, 7) is 7.63. The topological polar surface area (TPSA) is 41.0 Å². The van der Waals surface area contributed by atoms with E-state index in [4.69, 9.17) is 0 Å². The van der Waals surface area contributed by atoms with Crippen molar-refractivity contribution in [3.05, 3.63) is 42.0 Å². The van der Waals surface area contributed by atoms with E-state index >= 15 is 0 Å². The molecule has 1 N–H and O–H groups in total. The molecule has 1 atom stereocenters. The van der Waals surface area contributed by atoms with Crippen molar-refractivity contribution in [3.63, 3.8) is 0 Å². The molecule has 2 heterocycles. The highest BCUT2D eigenvalue weighted by molar-refractivity contribution is 5.63. The Morgan fingerprint density at radius 2 is 2.05 bits per heavy atom. The first kappa shape index (κ1) is 15.0. The standard InChI is InChI=1S/C18H24N4/c1-3-22-11-7-10-16(22)13-19-17-12-14(2)18(21-20-17)15-8-5-4-6-9-15/h4-6,8-9,12,16H,3,7,10-11,13H2,1-2H3,(H,19,20). The number of aryl methyl sites for hydroxylation is 1. The zero-order chi connectivity index (χ0) is 15.4. The average molecular weight is 296 g/mol. The van der Waals surface area contributed by atoms with E-state index in [-0.39, 0.29) is 0 Å². The molecule has 2 aromatic rings. The summed E-state index contributed by atoms with van der Waals surface area (Å²) in [7, 11) is 0. The summed E-state index contributed by atoms with van der Waals surface area (Å²) in [6.07, 6.45) is 2.58. The summed E-state index contributed by atoms with van der Waals surface area (Å²) in [5, 5.41) is 12.2. The monoisotopic (exact) mass is 296 g/mol. The molecule has 3 rings (SSSR count). The number of nitrogens with zero attached hydrogens (tertiary/aromatic N) is 3. The zero-order valence-electron chi connectivity index (χ0n) is 13.4. The molecule has 0 aliphatic carbocycles. The number of hydrogen-bond donors (Lipinski definition) is 1. The third kappa shape index (κ3) is 3.28. The van der Waals surface area contributed by atoms with Crippen LogP contribution in [0.1, 0.15) is 25.3 Å². The highest BCUT2D eigenvalue weighted by atomic mass is 15.2. The molecular formula is C18H24N4. The van der Waals surface area contributed by atoms with Crippen LogP contribution in [-0.4, -0.2) is 40.8 Å². The Labute approximate surface area is 132 Å². The lowest BCUT2D eigenvalue weighted by molar-refractivity contribution is 0.277. The molecule has 1 aliphatic heterocycles. The molecule has 1 aliphatic rings. The Hall–Kier alpha value is -1.94. The van der Waals surface area contributed by atoms with Gasteiger partial charge in [-0.3, -0.25) is 4.90 Å². The summed E-state index contributed by atoms with van der Waals surface area (Å²) in [5.41, 5.74) is 3.23. The first-order valence-electron chi connectivity index (χ1n) is 8.15. The second kappa shape index (κ2) is 6.88. The third-order valence-corrected chi connectivity index (χ3v) is 4.46. The van der Waals surface area contributed by atoms with E-state index in [1.807, 2.05) is 18.2 Å². The SMILES string of the molecule is CCN1CCCC1CNc1cc(C)c(-c2ccccc2)nn1. The van der Waals surface area contributed by atoms with Crippen LogP contribution in [0.2, 0.25) is 0 Å². The van der Waals surface area contributed by atoms with E-state index in [2.05, 4.69) is 52.5 Å². The fourth-order valence-electron chi connectivity index (χ4n) is 3.22. The number of anilines is 1. The van der Waals surface area contributed by atoms with Crippen LogP contribution >= 0.6 is 0 Å². The Balaban J connectivity index is 1.67. The van der Waals surface area contributed by atoms with Crippen LogP contribution in [0.25, 0.3) is 11.3 Å². The lowest BCUT2D eigenvalue weighted by atomic mass is 10.1. The van der Waals surface area contributed by atoms with Gasteiger partial charge in [0, 0.05) is 18.2 Å². The van der Waals surface area contributed by atoms with Crippen molar-refractivity contribution in [2.45, 2.75) is 32.7 Å². The molecule has 1 aromatic heterocycles. The number of rotatable bonds is 5. The number of nitrogens with one attached hydrogen (secondary N) is 1. The highest BCUT2D eigenvalue weighted by Crippen LogP contribution is 2.22. The molecule has 4 heteroatoms. The average Bonchev–Trinajstić information content (AvgIpc) is 3.01. The smallest absolute Gasteiger partial charge is 0.149 e. The summed E-state index contributed by atoms with van der Waals surface area (Å²) < 4.78 is 0. The maximum Gasteiger partial charge on any atom is 0.149 e. The Morgan fingerprint density at radius 1 is 1.23 bits per heavy atom. The van der Waals surface area contributed by atoms with Crippen molar-refractivity contribution in [2.75, 3.05) is 25.0 Å². The number of likely N-dealkylation sites (tertiary alicyclic amines) is 1. The summed E-state index contributed by atoms with van der Waals surface area (Å²) >= 11 is 0. The second-order valence-corrected chi connectivity index (χ2v) is 5.93. The molecular weight excluding hydrogens is 272 g/mol. The Kier molecular flexibility index (Phi) is 4.68. The maximum atomic E-state index is 4.41. The van der Waals surface area contributed by atoms with Crippen molar-refractivity contribution >= 4 is 5.82 Å². The van der Waals surface area contributed by atoms with Crippen LogP contribution in [0, 0.1) is 6.92 Å². The molecule has 0 amide bonds. The van der Waals surface area contributed by atoms with Gasteiger partial charge in [0.05, 0.1) is 5.69 Å². The van der Waals surface area contributed by atoms with Crippen molar-refractivity contribution in [1.82, 2.24) is 15.1 Å². The van der Waals surface area contributed by atoms with Gasteiger partial charge in [0.15, 0.2) is 0 Å². The third-order valence-electron chi connectivity index (χ3n) is 4.46. The van der Waals surface area contributed by atoms with Gasteiger partial charge in [0.2, 0.25) is 0 Å². The van der Waals surface area contributed by atoms with E-state index in [0.717, 1.165) is 35.7 Å². The molecule has 116 valence electrons. The largest absolute Gasteiger partial charge is 0.367 e. The van der Waals surface area contributed by atoms with Gasteiger partial charge >= 0.3 is 0 Å². The molecule has 1 fully saturated rings. The predicted molar refractivity (Wildman–Crippen MR) is 91.0 cm³/mol. The Bertz CT molecular complexity index is 612. The lowest BCUT2D eigenvalue weighted by Crippen LogP contribution is -2.34. The fourth-order valence-corrected chi connectivity index (χ4v) is 3.22. The van der Waals surface area contributed by atoms with Crippen LogP contribution in [0.5, 0.6) is 0 Å². The van der Waals surface area contributed by atoms with Crippen molar-refractivity contribution in [2.24, 2.45) is 0 Å². The van der Waals surface area contributed by atoms with Gasteiger partial charge in [-0.05, 0) is 44.5 Å². The normalized spacial score (nSPS) is 18.5. The minimum absolute atomic E-state index is 0.626. The number of likely N-dealkylation sites (N-methyl/N-ethyl adjacent to an activating group) is 1. The molecule has 0 saturated carbocycles. The van der Waals surface area contributed by atoms with Crippen molar-refractivity contribution < 1.29 is 0 Å². The minimum atomic E-state index is 0.626. The highest BCUT2D eigenvalue weighted by Gasteiger charge is 2.22. The molecule has 0 spiro atoms. The minimum Gasteiger partial charge on any atom is -0.367 e. The summed E-state index contributed by atoms with van der Waals surface area (Å²) in [5.74, 6) is 0.875. The lowest BCUT2D eigenvalue weighted by Gasteiger charge is -2.23. The summed E-state index contributed by atoms with van der Waals surface area (Å²) in [4.78, 5) is 2.53. The van der Waals surface area contributed by atoms with E-state index in [1.54, 1.807) is 0 Å². The molecule has 0 radical (unpaired) electrons. The van der Waals surface area contributed by atoms with E-state index < -0.39 is 0 Å². The quantitative estimate of drug-likeness (QED) is 0.918. The first-order chi connectivity index (χ1) is 10.8. The van der Waals surface area contributed by atoms with E-state index in [1.165, 1.54) is 19.4 Å². The van der Waals surface area contributed by atoms with E-state index in [9.17, 15) is 0 Å². The van der Waals surface area contributed by atoms with Gasteiger partial charge < -0.3 is 5.32 Å². The molecule has 0 bridgehead atoms. The van der Waals surface area contributed by atoms with Crippen LogP contribution in [0.4, 0.5) is 5.82 Å². The Morgan fingerprint density at radius 3 is 2.77 bits per heavy atom. The predicted octanol–water partition coefficient (Wildman–Crippen LogP) is 3.35. The molecule has 1 aromatic carbocycles. The van der Waals surface area contributed by atoms with Gasteiger partial charge in [-0.15, -0.1) is 10.2 Å². The summed E-state index contributed by atoms with van der Waals surface area (Å²) in [6, 6.07) is 12.9. The van der Waals surface area contributed by atoms with Gasteiger partial charge in [-0.2, -0.15) is 0 Å². The molecule has 1 saturated heterocycles. The van der Waals surface area contributed by atoms with Gasteiger partial charge in [0.25, 0.3) is 0 Å². The van der Waals surface area contributed by atoms with Crippen molar-refractivity contribution in [3.8, 4) is 11.3 Å². The number of aromatic nitrogens is 2. The van der Waals surface area contributed by atoms with Crippen LogP contribution in [-0.2, 0) is 0 Å². The van der Waals surface area contributed by atoms with Crippen molar-refractivity contribution in [1.29, 1.82) is 0 Å². The van der Waals surface area contributed by atoms with Crippen LogP contribution in [0.3, 0.4) is 0 Å². The van der Waals surface area contributed by atoms with Crippen LogP contribution < -0.4 is 5.32 Å². The van der Waals surface area contributed by atoms with E-state index in [0.29, 0.717) is 6.04 Å². The second-order valence-electron chi connectivity index (χ2n) is 5.93. The number of hydrogen-bond acceptors (Lipinski definition) is 4. The van der Waals surface area contributed by atoms with Gasteiger partial charge in [0.1, 0.15) is 5.82 Å². The maximum absolute atomic E-state index is 4.41. The zero-order valence-corrected chi connectivity index (χ0v) is 13.4. The first-order valence-corrected chi connectivity index (χ1v) is 8.15.